The van der Waals surface area contributed by atoms with E-state index in [0.29, 0.717) is 13.0 Å². The van der Waals surface area contributed by atoms with Gasteiger partial charge in [0.1, 0.15) is 17.3 Å². The molecule has 1 aromatic carbocycles. The van der Waals surface area contributed by atoms with Crippen molar-refractivity contribution in [1.82, 2.24) is 0 Å². The lowest BCUT2D eigenvalue weighted by atomic mass is 9.94. The van der Waals surface area contributed by atoms with Gasteiger partial charge in [-0.3, -0.25) is 9.59 Å². The summed E-state index contributed by atoms with van der Waals surface area (Å²) in [6.07, 6.45) is 2.31. The third-order valence-electron chi connectivity index (χ3n) is 3.52. The van der Waals surface area contributed by atoms with Gasteiger partial charge in [0.2, 0.25) is 0 Å². The summed E-state index contributed by atoms with van der Waals surface area (Å²) in [6.45, 7) is 7.65. The standard InChI is InChI=1S/C17H24O3/c1-12-8-7-9-13(2)17(12)20-11-6-5-10-16(14(3)18)15(4)19/h7-9,16H,5-6,10-11H2,1-4H3. The molecule has 0 aliphatic carbocycles. The van der Waals surface area contributed by atoms with E-state index < -0.39 is 5.92 Å². The summed E-state index contributed by atoms with van der Waals surface area (Å²) >= 11 is 0. The topological polar surface area (TPSA) is 43.4 Å². The van der Waals surface area contributed by atoms with Crippen LogP contribution in [0, 0.1) is 19.8 Å². The maximum Gasteiger partial charge on any atom is 0.140 e. The molecule has 0 saturated carbocycles. The summed E-state index contributed by atoms with van der Waals surface area (Å²) in [6, 6.07) is 6.08. The van der Waals surface area contributed by atoms with Crippen LogP contribution in [0.2, 0.25) is 0 Å². The first kappa shape index (κ1) is 16.4. The van der Waals surface area contributed by atoms with Crippen LogP contribution in [0.25, 0.3) is 0 Å². The van der Waals surface area contributed by atoms with Crippen LogP contribution in [0.4, 0.5) is 0 Å². The Labute approximate surface area is 121 Å². The maximum atomic E-state index is 11.3. The molecule has 3 heteroatoms. The Morgan fingerprint density at radius 3 is 2.10 bits per heavy atom. The van der Waals surface area contributed by atoms with Crippen LogP contribution in [0.3, 0.4) is 0 Å². The Morgan fingerprint density at radius 1 is 1.05 bits per heavy atom. The number of aryl methyl sites for hydroxylation is 2. The van der Waals surface area contributed by atoms with Crippen LogP contribution >= 0.6 is 0 Å². The number of benzene rings is 1. The molecular formula is C17H24O3. The molecule has 0 aliphatic heterocycles. The average molecular weight is 276 g/mol. The Kier molecular flexibility index (Phi) is 6.43. The van der Waals surface area contributed by atoms with Crippen molar-refractivity contribution < 1.29 is 14.3 Å². The fourth-order valence-electron chi connectivity index (χ4n) is 2.34. The summed E-state index contributed by atoms with van der Waals surface area (Å²) < 4.78 is 5.80. The highest BCUT2D eigenvalue weighted by atomic mass is 16.5. The van der Waals surface area contributed by atoms with Gasteiger partial charge in [0.25, 0.3) is 0 Å². The fraction of sp³-hybridized carbons (Fsp3) is 0.529. The van der Waals surface area contributed by atoms with Gasteiger partial charge in [0, 0.05) is 0 Å². The molecule has 0 amide bonds. The molecule has 0 heterocycles. The van der Waals surface area contributed by atoms with Gasteiger partial charge in [-0.2, -0.15) is 0 Å². The van der Waals surface area contributed by atoms with Crippen molar-refractivity contribution in [2.45, 2.75) is 47.0 Å². The fourth-order valence-corrected chi connectivity index (χ4v) is 2.34. The lowest BCUT2D eigenvalue weighted by Crippen LogP contribution is -2.19. The van der Waals surface area contributed by atoms with Crippen molar-refractivity contribution in [1.29, 1.82) is 0 Å². The molecule has 0 bridgehead atoms. The number of ketones is 2. The number of hydrogen-bond donors (Lipinski definition) is 0. The van der Waals surface area contributed by atoms with Crippen LogP contribution in [-0.2, 0) is 9.59 Å². The number of para-hydroxylation sites is 1. The number of rotatable bonds is 8. The van der Waals surface area contributed by atoms with Crippen LogP contribution < -0.4 is 4.74 Å². The molecule has 20 heavy (non-hydrogen) atoms. The normalized spacial score (nSPS) is 10.7. The minimum atomic E-state index is -0.435. The summed E-state index contributed by atoms with van der Waals surface area (Å²) in [5.41, 5.74) is 2.27. The third kappa shape index (κ3) is 4.80. The summed E-state index contributed by atoms with van der Waals surface area (Å²) in [7, 11) is 0. The molecule has 0 saturated heterocycles. The van der Waals surface area contributed by atoms with Gasteiger partial charge in [-0.1, -0.05) is 18.2 Å². The van der Waals surface area contributed by atoms with Gasteiger partial charge in [-0.05, 0) is 58.1 Å². The van der Waals surface area contributed by atoms with Crippen molar-refractivity contribution in [3.63, 3.8) is 0 Å². The molecule has 0 fully saturated rings. The minimum Gasteiger partial charge on any atom is -0.493 e. The molecule has 0 unspecified atom stereocenters. The number of Topliss-reactive ketones (excluding diaryl/α,β-unsaturated/α-hetero) is 2. The molecule has 110 valence electrons. The summed E-state index contributed by atoms with van der Waals surface area (Å²) in [5, 5.41) is 0. The molecule has 0 aliphatic rings. The Hall–Kier alpha value is -1.64. The molecule has 1 rings (SSSR count). The highest BCUT2D eigenvalue weighted by Gasteiger charge is 2.18. The zero-order valence-corrected chi connectivity index (χ0v) is 12.9. The first-order valence-electron chi connectivity index (χ1n) is 7.13. The highest BCUT2D eigenvalue weighted by molar-refractivity contribution is 6.00. The number of hydrogen-bond acceptors (Lipinski definition) is 3. The van der Waals surface area contributed by atoms with Crippen molar-refractivity contribution in [3.8, 4) is 5.75 Å². The van der Waals surface area contributed by atoms with E-state index >= 15 is 0 Å². The van der Waals surface area contributed by atoms with E-state index in [1.165, 1.54) is 13.8 Å². The van der Waals surface area contributed by atoms with Gasteiger partial charge in [0.15, 0.2) is 0 Å². The lowest BCUT2D eigenvalue weighted by molar-refractivity contribution is -0.130. The van der Waals surface area contributed by atoms with E-state index in [2.05, 4.69) is 0 Å². The molecule has 0 N–H and O–H groups in total. The summed E-state index contributed by atoms with van der Waals surface area (Å²) in [5.74, 6) is 0.443. The molecule has 1 aromatic rings. The van der Waals surface area contributed by atoms with Crippen molar-refractivity contribution in [3.05, 3.63) is 29.3 Å². The second-order valence-corrected chi connectivity index (χ2v) is 5.34. The van der Waals surface area contributed by atoms with Gasteiger partial charge in [-0.15, -0.1) is 0 Å². The highest BCUT2D eigenvalue weighted by Crippen LogP contribution is 2.22. The largest absolute Gasteiger partial charge is 0.493 e. The molecule has 0 aromatic heterocycles. The van der Waals surface area contributed by atoms with Crippen molar-refractivity contribution in [2.24, 2.45) is 5.92 Å². The predicted molar refractivity (Wildman–Crippen MR) is 80.1 cm³/mol. The van der Waals surface area contributed by atoms with Crippen LogP contribution in [0.1, 0.15) is 44.2 Å². The van der Waals surface area contributed by atoms with Crippen LogP contribution in [0.5, 0.6) is 5.75 Å². The van der Waals surface area contributed by atoms with Gasteiger partial charge >= 0.3 is 0 Å². The molecule has 3 nitrogen and oxygen atoms in total. The van der Waals surface area contributed by atoms with Crippen molar-refractivity contribution >= 4 is 11.6 Å². The molecule has 0 spiro atoms. The molecule has 0 atom stereocenters. The number of carbonyl (C=O) groups is 2. The van der Waals surface area contributed by atoms with E-state index in [4.69, 9.17) is 4.74 Å². The first-order chi connectivity index (χ1) is 9.43. The van der Waals surface area contributed by atoms with Crippen molar-refractivity contribution in [2.75, 3.05) is 6.61 Å². The van der Waals surface area contributed by atoms with Gasteiger partial charge in [-0.25, -0.2) is 0 Å². The minimum absolute atomic E-state index is 0.0341. The maximum absolute atomic E-state index is 11.3. The van der Waals surface area contributed by atoms with Gasteiger partial charge < -0.3 is 4.74 Å². The number of unbranched alkanes of at least 4 members (excludes halogenated alkanes) is 1. The summed E-state index contributed by atoms with van der Waals surface area (Å²) in [4.78, 5) is 22.6. The third-order valence-corrected chi connectivity index (χ3v) is 3.52. The smallest absolute Gasteiger partial charge is 0.140 e. The predicted octanol–water partition coefficient (Wildman–Crippen LogP) is 3.65. The lowest BCUT2D eigenvalue weighted by Gasteiger charge is -2.13. The quantitative estimate of drug-likeness (QED) is 0.537. The second kappa shape index (κ2) is 7.83. The van der Waals surface area contributed by atoms with Gasteiger partial charge in [0.05, 0.1) is 12.5 Å². The SMILES string of the molecule is CC(=O)C(CCCCOc1c(C)cccc1C)C(C)=O. The monoisotopic (exact) mass is 276 g/mol. The van der Waals surface area contributed by atoms with Crippen LogP contribution in [0.15, 0.2) is 18.2 Å². The van der Waals surface area contributed by atoms with E-state index in [0.717, 1.165) is 29.7 Å². The number of carbonyl (C=O) groups excluding carboxylic acids is 2. The Morgan fingerprint density at radius 2 is 1.60 bits per heavy atom. The Bertz CT molecular complexity index is 443. The van der Waals surface area contributed by atoms with E-state index in [1.807, 2.05) is 32.0 Å². The van der Waals surface area contributed by atoms with E-state index in [1.54, 1.807) is 0 Å². The zero-order chi connectivity index (χ0) is 15.1. The first-order valence-corrected chi connectivity index (χ1v) is 7.13. The second-order valence-electron chi connectivity index (χ2n) is 5.34. The number of ether oxygens (including phenoxy) is 1. The van der Waals surface area contributed by atoms with E-state index in [9.17, 15) is 9.59 Å². The zero-order valence-electron chi connectivity index (χ0n) is 12.9. The molecule has 0 radical (unpaired) electrons. The van der Waals surface area contributed by atoms with E-state index in [-0.39, 0.29) is 11.6 Å². The molecular weight excluding hydrogens is 252 g/mol. The average Bonchev–Trinajstić information content (AvgIpc) is 2.35. The Balaban J connectivity index is 2.35. The van der Waals surface area contributed by atoms with Crippen LogP contribution in [-0.4, -0.2) is 18.2 Å².